The van der Waals surface area contributed by atoms with Crippen LogP contribution in [0.1, 0.15) is 12.8 Å². The van der Waals surface area contributed by atoms with E-state index >= 15 is 0 Å². The minimum atomic E-state index is -1.07. The Hall–Kier alpha value is -2.28. The van der Waals surface area contributed by atoms with E-state index in [-0.39, 0.29) is 24.2 Å². The van der Waals surface area contributed by atoms with E-state index in [1.54, 1.807) is 0 Å². The third-order valence-electron chi connectivity index (χ3n) is 2.36. The number of benzene rings is 1. The van der Waals surface area contributed by atoms with Crippen LogP contribution in [0.25, 0.3) is 11.5 Å². The van der Waals surface area contributed by atoms with Gasteiger partial charge in [-0.3, -0.25) is 0 Å². The smallest absolute Gasteiger partial charge is 0.332 e. The van der Waals surface area contributed by atoms with E-state index in [9.17, 15) is 9.18 Å². The zero-order valence-corrected chi connectivity index (χ0v) is 10.0. The molecule has 100 valence electrons. The van der Waals surface area contributed by atoms with Crippen LogP contribution in [-0.2, 0) is 16.1 Å². The van der Waals surface area contributed by atoms with Gasteiger partial charge in [-0.1, -0.05) is 0 Å². The number of carbonyl (C=O) groups is 1. The van der Waals surface area contributed by atoms with Gasteiger partial charge in [0.05, 0.1) is 0 Å². The Morgan fingerprint density at radius 1 is 1.42 bits per heavy atom. The largest absolute Gasteiger partial charge is 0.479 e. The molecule has 1 aromatic carbocycles. The first-order valence-electron chi connectivity index (χ1n) is 5.49. The maximum atomic E-state index is 12.8. The molecular formula is C12H11FN2O4. The number of aromatic nitrogens is 2. The molecule has 1 unspecified atom stereocenters. The average molecular weight is 266 g/mol. The summed E-state index contributed by atoms with van der Waals surface area (Å²) in [5, 5.41) is 16.1. The van der Waals surface area contributed by atoms with Crippen molar-refractivity contribution in [2.45, 2.75) is 19.6 Å². The number of halogens is 1. The Morgan fingerprint density at radius 3 is 2.74 bits per heavy atom. The molecule has 0 saturated carbocycles. The maximum absolute atomic E-state index is 12.8. The third-order valence-corrected chi connectivity index (χ3v) is 2.36. The van der Waals surface area contributed by atoms with Gasteiger partial charge in [0.2, 0.25) is 11.8 Å². The first-order chi connectivity index (χ1) is 9.06. The van der Waals surface area contributed by atoms with Crippen molar-refractivity contribution in [1.82, 2.24) is 10.2 Å². The molecule has 0 saturated heterocycles. The summed E-state index contributed by atoms with van der Waals surface area (Å²) in [6.45, 7) is 1.31. The van der Waals surface area contributed by atoms with Crippen molar-refractivity contribution in [3.8, 4) is 11.5 Å². The summed E-state index contributed by atoms with van der Waals surface area (Å²) in [7, 11) is 0. The standard InChI is InChI=1S/C12H11FN2O4/c1-7(12(16)17)18-6-10-14-15-11(19-10)8-2-4-9(13)5-3-8/h2-5,7H,6H2,1H3,(H,16,17). The molecule has 1 atom stereocenters. The van der Waals surface area contributed by atoms with Crippen LogP contribution >= 0.6 is 0 Å². The van der Waals surface area contributed by atoms with Crippen molar-refractivity contribution in [3.63, 3.8) is 0 Å². The van der Waals surface area contributed by atoms with Gasteiger partial charge in [0.1, 0.15) is 12.4 Å². The number of carboxylic acids is 1. The number of rotatable bonds is 5. The van der Waals surface area contributed by atoms with E-state index in [4.69, 9.17) is 14.3 Å². The van der Waals surface area contributed by atoms with Gasteiger partial charge in [-0.25, -0.2) is 9.18 Å². The molecule has 2 rings (SSSR count). The van der Waals surface area contributed by atoms with Crippen LogP contribution in [0.5, 0.6) is 0 Å². The van der Waals surface area contributed by atoms with Crippen LogP contribution in [0.2, 0.25) is 0 Å². The highest BCUT2D eigenvalue weighted by Gasteiger charge is 2.14. The molecule has 1 heterocycles. The zero-order chi connectivity index (χ0) is 13.8. The highest BCUT2D eigenvalue weighted by atomic mass is 19.1. The second-order valence-electron chi connectivity index (χ2n) is 3.80. The molecular weight excluding hydrogens is 255 g/mol. The summed E-state index contributed by atoms with van der Waals surface area (Å²) >= 11 is 0. The van der Waals surface area contributed by atoms with E-state index in [1.165, 1.54) is 31.2 Å². The second-order valence-corrected chi connectivity index (χ2v) is 3.80. The van der Waals surface area contributed by atoms with Crippen LogP contribution in [0.15, 0.2) is 28.7 Å². The highest BCUT2D eigenvalue weighted by molar-refractivity contribution is 5.71. The Kier molecular flexibility index (Phi) is 3.86. The number of nitrogens with zero attached hydrogens (tertiary/aromatic N) is 2. The number of aliphatic carboxylic acids is 1. The lowest BCUT2D eigenvalue weighted by Gasteiger charge is -2.04. The molecule has 0 aliphatic carbocycles. The maximum Gasteiger partial charge on any atom is 0.332 e. The van der Waals surface area contributed by atoms with Crippen molar-refractivity contribution in [2.24, 2.45) is 0 Å². The van der Waals surface area contributed by atoms with Crippen LogP contribution < -0.4 is 0 Å². The predicted molar refractivity (Wildman–Crippen MR) is 61.6 cm³/mol. The Morgan fingerprint density at radius 2 is 2.11 bits per heavy atom. The molecule has 7 heteroatoms. The summed E-state index contributed by atoms with van der Waals surface area (Å²) in [6, 6.07) is 5.57. The number of carboxylic acid groups (broad SMARTS) is 1. The highest BCUT2D eigenvalue weighted by Crippen LogP contribution is 2.18. The molecule has 0 aliphatic heterocycles. The van der Waals surface area contributed by atoms with E-state index in [0.717, 1.165) is 0 Å². The predicted octanol–water partition coefficient (Wildman–Crippen LogP) is 1.87. The summed E-state index contributed by atoms with van der Waals surface area (Å²) in [5.41, 5.74) is 0.575. The summed E-state index contributed by atoms with van der Waals surface area (Å²) in [5.74, 6) is -1.05. The Bertz CT molecular complexity index is 567. The molecule has 2 aromatic rings. The van der Waals surface area contributed by atoms with Gasteiger partial charge in [0, 0.05) is 5.56 Å². The summed E-state index contributed by atoms with van der Waals surface area (Å²) in [4.78, 5) is 10.6. The molecule has 1 aromatic heterocycles. The molecule has 0 amide bonds. The topological polar surface area (TPSA) is 85.5 Å². The minimum Gasteiger partial charge on any atom is -0.479 e. The number of hydrogen-bond acceptors (Lipinski definition) is 5. The molecule has 0 aliphatic rings. The van der Waals surface area contributed by atoms with E-state index in [0.29, 0.717) is 5.56 Å². The molecule has 1 N–H and O–H groups in total. The van der Waals surface area contributed by atoms with Gasteiger partial charge in [-0.2, -0.15) is 0 Å². The van der Waals surface area contributed by atoms with Crippen molar-refractivity contribution in [3.05, 3.63) is 36.0 Å². The monoisotopic (exact) mass is 266 g/mol. The SMILES string of the molecule is CC(OCc1nnc(-c2ccc(F)cc2)o1)C(=O)O. The van der Waals surface area contributed by atoms with Gasteiger partial charge in [0.25, 0.3) is 0 Å². The molecule has 0 radical (unpaired) electrons. The van der Waals surface area contributed by atoms with Crippen LogP contribution in [0, 0.1) is 5.82 Å². The molecule has 19 heavy (non-hydrogen) atoms. The fourth-order valence-corrected chi connectivity index (χ4v) is 1.29. The lowest BCUT2D eigenvalue weighted by molar-refractivity contribution is -0.150. The molecule has 0 bridgehead atoms. The molecule has 0 spiro atoms. The average Bonchev–Trinajstić information content (AvgIpc) is 2.85. The first kappa shape index (κ1) is 13.2. The van der Waals surface area contributed by atoms with Crippen molar-refractivity contribution in [1.29, 1.82) is 0 Å². The minimum absolute atomic E-state index is 0.0956. The third kappa shape index (κ3) is 3.35. The first-order valence-corrected chi connectivity index (χ1v) is 5.49. The lowest BCUT2D eigenvalue weighted by Crippen LogP contribution is -2.19. The van der Waals surface area contributed by atoms with Gasteiger partial charge >= 0.3 is 5.97 Å². The fraction of sp³-hybridized carbons (Fsp3) is 0.250. The lowest BCUT2D eigenvalue weighted by atomic mass is 10.2. The van der Waals surface area contributed by atoms with E-state index in [1.807, 2.05) is 0 Å². The number of hydrogen-bond donors (Lipinski definition) is 1. The van der Waals surface area contributed by atoms with Gasteiger partial charge < -0.3 is 14.3 Å². The second kappa shape index (κ2) is 5.57. The van der Waals surface area contributed by atoms with Crippen LogP contribution in [0.4, 0.5) is 4.39 Å². The molecule has 6 nitrogen and oxygen atoms in total. The van der Waals surface area contributed by atoms with Crippen molar-refractivity contribution < 1.29 is 23.4 Å². The van der Waals surface area contributed by atoms with Crippen LogP contribution in [0.3, 0.4) is 0 Å². The number of ether oxygens (including phenoxy) is 1. The summed E-state index contributed by atoms with van der Waals surface area (Å²) < 4.78 is 23.0. The normalized spacial score (nSPS) is 12.3. The van der Waals surface area contributed by atoms with E-state index < -0.39 is 12.1 Å². The van der Waals surface area contributed by atoms with Crippen LogP contribution in [-0.4, -0.2) is 27.4 Å². The Balaban J connectivity index is 2.03. The van der Waals surface area contributed by atoms with Gasteiger partial charge in [-0.05, 0) is 31.2 Å². The van der Waals surface area contributed by atoms with Gasteiger partial charge in [0.15, 0.2) is 6.10 Å². The zero-order valence-electron chi connectivity index (χ0n) is 10.0. The van der Waals surface area contributed by atoms with Gasteiger partial charge in [-0.15, -0.1) is 10.2 Å². The summed E-state index contributed by atoms with van der Waals surface area (Å²) in [6.07, 6.45) is -0.957. The van der Waals surface area contributed by atoms with E-state index in [2.05, 4.69) is 10.2 Å². The Labute approximate surface area is 107 Å². The molecule has 0 fully saturated rings. The van der Waals surface area contributed by atoms with Crippen molar-refractivity contribution >= 4 is 5.97 Å². The fourth-order valence-electron chi connectivity index (χ4n) is 1.29. The van der Waals surface area contributed by atoms with Crippen molar-refractivity contribution in [2.75, 3.05) is 0 Å². The quantitative estimate of drug-likeness (QED) is 0.889.